The molecule has 2 saturated heterocycles. The summed E-state index contributed by atoms with van der Waals surface area (Å²) >= 11 is 0. The number of hydrogen-bond acceptors (Lipinski definition) is 15. The van der Waals surface area contributed by atoms with Gasteiger partial charge >= 0.3 is 24.2 Å². The first-order valence-electron chi connectivity index (χ1n) is 23.2. The molecular weight excluding hydrogens is 893 g/mol. The molecule has 2 fully saturated rings. The zero-order chi connectivity index (χ0) is 50.3. The van der Waals surface area contributed by atoms with Crippen molar-refractivity contribution in [2.45, 2.75) is 149 Å². The Balaban J connectivity index is 1.21. The Morgan fingerprint density at radius 3 is 2.07 bits per heavy atom. The van der Waals surface area contributed by atoms with E-state index in [2.05, 4.69) is 25.6 Å². The lowest BCUT2D eigenvalue weighted by Gasteiger charge is -2.31. The predicted molar refractivity (Wildman–Crippen MR) is 254 cm³/mol. The Morgan fingerprint density at radius 2 is 1.42 bits per heavy atom. The van der Waals surface area contributed by atoms with Crippen LogP contribution in [0.15, 0.2) is 67.3 Å². The molecule has 2 aliphatic rings. The number of hydrogen-bond donors (Lipinski definition) is 3. The van der Waals surface area contributed by atoms with Gasteiger partial charge < -0.3 is 53.4 Å². The Labute approximate surface area is 403 Å². The van der Waals surface area contributed by atoms with Crippen molar-refractivity contribution in [3.05, 3.63) is 72.8 Å². The third kappa shape index (κ3) is 15.5. The maximum absolute atomic E-state index is 13.7. The largest absolute Gasteiger partial charge is 0.480 e. The molecule has 2 aromatic heterocycles. The number of amides is 3. The van der Waals surface area contributed by atoms with E-state index in [0.717, 1.165) is 11.3 Å². The minimum Gasteiger partial charge on any atom is -0.480 e. The Bertz CT molecular complexity index is 2380. The van der Waals surface area contributed by atoms with E-state index in [-0.39, 0.29) is 25.3 Å². The molecule has 6 rings (SSSR count). The van der Waals surface area contributed by atoms with Crippen LogP contribution in [-0.4, -0.2) is 138 Å². The van der Waals surface area contributed by atoms with Gasteiger partial charge in [0.05, 0.1) is 6.33 Å². The summed E-state index contributed by atoms with van der Waals surface area (Å²) < 4.78 is 44.0. The van der Waals surface area contributed by atoms with Crippen LogP contribution in [-0.2, 0) is 39.6 Å². The van der Waals surface area contributed by atoms with Gasteiger partial charge in [-0.15, -0.1) is 0 Å². The maximum Gasteiger partial charge on any atom is 0.413 e. The number of carboxylic acids is 1. The summed E-state index contributed by atoms with van der Waals surface area (Å²) in [5, 5.41) is 15.4. The van der Waals surface area contributed by atoms with Crippen molar-refractivity contribution in [3.8, 4) is 11.5 Å². The van der Waals surface area contributed by atoms with Crippen LogP contribution in [0.1, 0.15) is 101 Å². The predicted octanol–water partition coefficient (Wildman–Crippen LogP) is 7.92. The Morgan fingerprint density at radius 1 is 0.783 bits per heavy atom. The highest BCUT2D eigenvalue weighted by atomic mass is 16.8. The third-order valence-corrected chi connectivity index (χ3v) is 10.7. The molecule has 0 aliphatic carbocycles. The lowest BCUT2D eigenvalue weighted by molar-refractivity contribution is -0.198. The van der Waals surface area contributed by atoms with Crippen molar-refractivity contribution in [2.24, 2.45) is 0 Å². The molecule has 4 heterocycles. The van der Waals surface area contributed by atoms with Gasteiger partial charge in [0.2, 0.25) is 0 Å². The van der Waals surface area contributed by atoms with Gasteiger partial charge in [-0.3, -0.25) is 9.88 Å². The molecule has 20 nitrogen and oxygen atoms in total. The smallest absolute Gasteiger partial charge is 0.413 e. The first-order valence-corrected chi connectivity index (χ1v) is 23.2. The zero-order valence-corrected chi connectivity index (χ0v) is 41.5. The Hall–Kier alpha value is -6.09. The minimum atomic E-state index is -1.28. The third-order valence-electron chi connectivity index (χ3n) is 10.7. The lowest BCUT2D eigenvalue weighted by Crippen LogP contribution is -2.47. The number of carbonyl (C=O) groups excluding carboxylic acids is 3. The average molecular weight is 961 g/mol. The van der Waals surface area contributed by atoms with Gasteiger partial charge in [0.15, 0.2) is 29.0 Å². The number of aliphatic carboxylic acids is 1. The van der Waals surface area contributed by atoms with Gasteiger partial charge in [0, 0.05) is 26.2 Å². The molecule has 0 spiro atoms. The summed E-state index contributed by atoms with van der Waals surface area (Å²) in [5.74, 6) is -0.653. The number of nitrogens with zero attached hydrogens (tertiary/aromatic N) is 6. The van der Waals surface area contributed by atoms with Crippen LogP contribution in [0.25, 0.3) is 11.2 Å². The molecule has 69 heavy (non-hydrogen) atoms. The number of anilines is 1. The fourth-order valence-electron chi connectivity index (χ4n) is 7.85. The monoisotopic (exact) mass is 960 g/mol. The summed E-state index contributed by atoms with van der Waals surface area (Å²) in [5.41, 5.74) is -0.663. The standard InChI is InChI=1S/C49H68N8O12/c1-46(2,3)67-43(60)53-34(42(58)59)23-26-55(24-15-25-56(45(62)69-48(7,8)9)27-22-31-18-20-33(21-19-31)63-32-16-13-12-14-17-32)28-35-37-38(66-49(10,11)65-37)41(64-35)57-30-52-36-39(50-29-51-40(36)57)54-44(61)68-47(4,5)6/h12-14,16-21,29-30,34-35,37-38,41H,15,22-28H2,1-11H3,(H,53,60)(H,58,59)(H,50,51,54,61)/t34?,35-,37-,38-,41-/m1/s1. The average Bonchev–Trinajstić information content (AvgIpc) is 3.90. The van der Waals surface area contributed by atoms with Crippen LogP contribution in [0.5, 0.6) is 11.5 Å². The van der Waals surface area contributed by atoms with Crippen molar-refractivity contribution in [3.63, 3.8) is 0 Å². The van der Waals surface area contributed by atoms with Crippen LogP contribution in [0, 0.1) is 0 Å². The van der Waals surface area contributed by atoms with E-state index in [0.29, 0.717) is 49.4 Å². The molecule has 0 bridgehead atoms. The molecule has 3 N–H and O–H groups in total. The zero-order valence-electron chi connectivity index (χ0n) is 41.5. The second-order valence-electron chi connectivity index (χ2n) is 20.6. The number of aromatic nitrogens is 4. The molecule has 5 atom stereocenters. The first kappa shape index (κ1) is 52.3. The van der Waals surface area contributed by atoms with Gasteiger partial charge in [-0.05, 0) is 132 Å². The molecule has 1 unspecified atom stereocenters. The second kappa shape index (κ2) is 21.7. The molecule has 0 radical (unpaired) electrons. The Kier molecular flexibility index (Phi) is 16.4. The van der Waals surface area contributed by atoms with Crippen LogP contribution in [0.2, 0.25) is 0 Å². The lowest BCUT2D eigenvalue weighted by atomic mass is 10.1. The van der Waals surface area contributed by atoms with Crippen molar-refractivity contribution in [1.29, 1.82) is 0 Å². The van der Waals surface area contributed by atoms with Gasteiger partial charge in [-0.2, -0.15) is 0 Å². The van der Waals surface area contributed by atoms with Gasteiger partial charge in [-0.25, -0.2) is 34.1 Å². The van der Waals surface area contributed by atoms with Crippen molar-refractivity contribution < 1.29 is 57.4 Å². The van der Waals surface area contributed by atoms with E-state index in [1.165, 1.54) is 12.7 Å². The molecule has 3 amide bonds. The quantitative estimate of drug-likeness (QED) is 0.0805. The van der Waals surface area contributed by atoms with Gasteiger partial charge in [0.1, 0.15) is 59.0 Å². The molecule has 2 aliphatic heterocycles. The molecule has 0 saturated carbocycles. The highest BCUT2D eigenvalue weighted by molar-refractivity contribution is 5.93. The summed E-state index contributed by atoms with van der Waals surface area (Å²) in [6.45, 7) is 20.9. The van der Waals surface area contributed by atoms with E-state index < -0.39 is 77.4 Å². The number of carboxylic acid groups (broad SMARTS) is 1. The van der Waals surface area contributed by atoms with E-state index in [1.807, 2.05) is 94.1 Å². The van der Waals surface area contributed by atoms with E-state index in [4.69, 9.17) is 33.2 Å². The number of imidazole rings is 1. The number of rotatable bonds is 18. The minimum absolute atomic E-state index is 0.0118. The van der Waals surface area contributed by atoms with Gasteiger partial charge in [-0.1, -0.05) is 30.3 Å². The van der Waals surface area contributed by atoms with E-state index in [1.54, 1.807) is 51.0 Å². The van der Waals surface area contributed by atoms with Crippen LogP contribution < -0.4 is 15.4 Å². The van der Waals surface area contributed by atoms with Crippen molar-refractivity contribution >= 4 is 41.2 Å². The normalized spacial score (nSPS) is 19.4. The molecule has 2 aromatic carbocycles. The fraction of sp³-hybridized carbons (Fsp3) is 0.571. The molecule has 4 aromatic rings. The summed E-state index contributed by atoms with van der Waals surface area (Å²) in [6.07, 6.45) is -0.805. The number of ether oxygens (including phenoxy) is 7. The SMILES string of the molecule is CC(C)(C)OC(=O)Nc1ncnc2c1ncn2[C@@H]1O[C@H](CN(CCCN(CCc2ccc(Oc3ccccc3)cc2)C(=O)OC(C)(C)C)CCC(NC(=O)OC(C)(C)C)C(=O)O)[C@H]2OC(C)(C)O[C@H]21. The fourth-order valence-corrected chi connectivity index (χ4v) is 7.85. The summed E-state index contributed by atoms with van der Waals surface area (Å²) in [6, 6.07) is 15.9. The topological polar surface area (TPSA) is 227 Å². The number of fused-ring (bicyclic) bond motifs is 2. The molecular formula is C49H68N8O12. The highest BCUT2D eigenvalue weighted by Gasteiger charge is 2.56. The van der Waals surface area contributed by atoms with Crippen molar-refractivity contribution in [1.82, 2.24) is 34.6 Å². The van der Waals surface area contributed by atoms with Crippen LogP contribution in [0.3, 0.4) is 0 Å². The second-order valence-corrected chi connectivity index (χ2v) is 20.6. The number of carbonyl (C=O) groups is 4. The first-order chi connectivity index (χ1) is 32.3. The summed E-state index contributed by atoms with van der Waals surface area (Å²) in [4.78, 5) is 68.7. The van der Waals surface area contributed by atoms with Crippen LogP contribution >= 0.6 is 0 Å². The number of benzene rings is 2. The number of alkyl carbamates (subject to hydrolysis) is 1. The molecule has 376 valence electrons. The van der Waals surface area contributed by atoms with E-state index >= 15 is 0 Å². The van der Waals surface area contributed by atoms with E-state index in [9.17, 15) is 24.3 Å². The number of para-hydroxylation sites is 1. The summed E-state index contributed by atoms with van der Waals surface area (Å²) in [7, 11) is 0. The molecule has 20 heteroatoms. The number of nitrogens with one attached hydrogen (secondary N) is 2. The van der Waals surface area contributed by atoms with Crippen LogP contribution in [0.4, 0.5) is 20.2 Å². The van der Waals surface area contributed by atoms with Crippen molar-refractivity contribution in [2.75, 3.05) is 38.0 Å². The van der Waals surface area contributed by atoms with Gasteiger partial charge in [0.25, 0.3) is 0 Å². The highest BCUT2D eigenvalue weighted by Crippen LogP contribution is 2.44. The maximum atomic E-state index is 13.7.